The van der Waals surface area contributed by atoms with Gasteiger partial charge in [0.15, 0.2) is 0 Å². The number of amides is 1. The smallest absolute Gasteiger partial charge is 0.228 e. The Morgan fingerprint density at radius 3 is 2.94 bits per heavy atom. The van der Waals surface area contributed by atoms with Crippen molar-refractivity contribution in [1.82, 2.24) is 0 Å². The van der Waals surface area contributed by atoms with E-state index in [1.807, 2.05) is 41.9 Å². The Bertz CT molecular complexity index is 522. The van der Waals surface area contributed by atoms with Gasteiger partial charge in [0.25, 0.3) is 0 Å². The summed E-state index contributed by atoms with van der Waals surface area (Å²) in [6.07, 6.45) is 0.421. The summed E-state index contributed by atoms with van der Waals surface area (Å²) in [5.41, 5.74) is 3.00. The summed E-state index contributed by atoms with van der Waals surface area (Å²) in [7, 11) is 0. The van der Waals surface area contributed by atoms with Gasteiger partial charge < -0.3 is 5.32 Å². The Balaban J connectivity index is 2.05. The summed E-state index contributed by atoms with van der Waals surface area (Å²) in [4.78, 5) is 11.8. The summed E-state index contributed by atoms with van der Waals surface area (Å²) in [5, 5.41) is 6.88. The van der Waals surface area contributed by atoms with Crippen molar-refractivity contribution in [3.8, 4) is 0 Å². The molecule has 0 unspecified atom stereocenters. The first-order valence-corrected chi connectivity index (χ1v) is 6.96. The van der Waals surface area contributed by atoms with Crippen LogP contribution in [0.1, 0.15) is 11.1 Å². The molecule has 1 aromatic carbocycles. The monoisotopic (exact) mass is 309 g/mol. The highest BCUT2D eigenvalue weighted by atomic mass is 79.9. The molecule has 2 nitrogen and oxygen atoms in total. The van der Waals surface area contributed by atoms with E-state index in [0.29, 0.717) is 6.42 Å². The number of aryl methyl sites for hydroxylation is 1. The highest BCUT2D eigenvalue weighted by Gasteiger charge is 2.07. The lowest BCUT2D eigenvalue weighted by atomic mass is 10.2. The van der Waals surface area contributed by atoms with Crippen molar-refractivity contribution in [2.24, 2.45) is 0 Å². The Kier molecular flexibility index (Phi) is 3.97. The van der Waals surface area contributed by atoms with E-state index in [0.717, 1.165) is 21.3 Å². The molecule has 1 heterocycles. The molecule has 17 heavy (non-hydrogen) atoms. The summed E-state index contributed by atoms with van der Waals surface area (Å²) < 4.78 is 0.904. The number of halogens is 1. The minimum Gasteiger partial charge on any atom is -0.325 e. The third kappa shape index (κ3) is 3.41. The van der Waals surface area contributed by atoms with Gasteiger partial charge in [-0.25, -0.2) is 0 Å². The summed E-state index contributed by atoms with van der Waals surface area (Å²) in [6, 6.07) is 7.86. The van der Waals surface area contributed by atoms with Crippen LogP contribution in [-0.4, -0.2) is 5.91 Å². The van der Waals surface area contributed by atoms with Crippen LogP contribution in [0.2, 0.25) is 0 Å². The Morgan fingerprint density at radius 1 is 1.41 bits per heavy atom. The molecule has 1 N–H and O–H groups in total. The highest BCUT2D eigenvalue weighted by molar-refractivity contribution is 9.10. The fourth-order valence-corrected chi connectivity index (χ4v) is 2.52. The fourth-order valence-electron chi connectivity index (χ4n) is 1.51. The van der Waals surface area contributed by atoms with Crippen molar-refractivity contribution in [2.45, 2.75) is 13.3 Å². The molecule has 1 aromatic heterocycles. The van der Waals surface area contributed by atoms with Crippen molar-refractivity contribution >= 4 is 38.9 Å². The van der Waals surface area contributed by atoms with E-state index in [2.05, 4.69) is 21.2 Å². The molecule has 0 bridgehead atoms. The van der Waals surface area contributed by atoms with Crippen LogP contribution in [0.4, 0.5) is 5.69 Å². The second-order valence-corrected chi connectivity index (χ2v) is 5.47. The van der Waals surface area contributed by atoms with Crippen LogP contribution >= 0.6 is 27.3 Å². The van der Waals surface area contributed by atoms with Crippen molar-refractivity contribution in [3.05, 3.63) is 50.6 Å². The van der Waals surface area contributed by atoms with Crippen molar-refractivity contribution in [3.63, 3.8) is 0 Å². The van der Waals surface area contributed by atoms with E-state index < -0.39 is 0 Å². The van der Waals surface area contributed by atoms with Gasteiger partial charge in [-0.15, -0.1) is 0 Å². The fraction of sp³-hybridized carbons (Fsp3) is 0.154. The van der Waals surface area contributed by atoms with Gasteiger partial charge in [0, 0.05) is 4.47 Å². The first kappa shape index (κ1) is 12.3. The maximum atomic E-state index is 11.8. The molecule has 0 aliphatic heterocycles. The van der Waals surface area contributed by atoms with Gasteiger partial charge in [0.05, 0.1) is 12.1 Å². The molecule has 0 radical (unpaired) electrons. The average Bonchev–Trinajstić information content (AvgIpc) is 2.76. The van der Waals surface area contributed by atoms with Crippen LogP contribution in [0.5, 0.6) is 0 Å². The standard InChI is InChI=1S/C13H12BrNOS/c1-9-2-3-11(14)12(6-9)15-13(16)7-10-4-5-17-8-10/h2-6,8H,7H2,1H3,(H,15,16). The number of hydrogen-bond donors (Lipinski definition) is 1. The number of carbonyl (C=O) groups is 1. The lowest BCUT2D eigenvalue weighted by molar-refractivity contribution is -0.115. The van der Waals surface area contributed by atoms with Crippen LogP contribution < -0.4 is 5.32 Å². The lowest BCUT2D eigenvalue weighted by Crippen LogP contribution is -2.14. The lowest BCUT2D eigenvalue weighted by Gasteiger charge is -2.07. The van der Waals surface area contributed by atoms with Gasteiger partial charge in [-0.1, -0.05) is 6.07 Å². The van der Waals surface area contributed by atoms with Gasteiger partial charge in [-0.05, 0) is 62.9 Å². The van der Waals surface area contributed by atoms with Crippen LogP contribution in [0.3, 0.4) is 0 Å². The Morgan fingerprint density at radius 2 is 2.24 bits per heavy atom. The molecule has 0 saturated heterocycles. The largest absolute Gasteiger partial charge is 0.325 e. The van der Waals surface area contributed by atoms with Gasteiger partial charge in [0.2, 0.25) is 5.91 Å². The van der Waals surface area contributed by atoms with E-state index in [4.69, 9.17) is 0 Å². The maximum absolute atomic E-state index is 11.8. The molecule has 2 rings (SSSR count). The predicted octanol–water partition coefficient (Wildman–Crippen LogP) is 4.00. The maximum Gasteiger partial charge on any atom is 0.228 e. The van der Waals surface area contributed by atoms with E-state index in [9.17, 15) is 4.79 Å². The summed E-state index contributed by atoms with van der Waals surface area (Å²) >= 11 is 5.03. The van der Waals surface area contributed by atoms with E-state index in [1.54, 1.807) is 11.3 Å². The highest BCUT2D eigenvalue weighted by Crippen LogP contribution is 2.23. The number of carbonyl (C=O) groups excluding carboxylic acids is 1. The Hall–Kier alpha value is -1.13. The first-order chi connectivity index (χ1) is 8.15. The molecular formula is C13H12BrNOS. The third-order valence-electron chi connectivity index (χ3n) is 2.34. The molecule has 88 valence electrons. The van der Waals surface area contributed by atoms with Crippen LogP contribution in [-0.2, 0) is 11.2 Å². The second kappa shape index (κ2) is 5.47. The minimum absolute atomic E-state index is 0.00898. The number of anilines is 1. The van der Waals surface area contributed by atoms with Crippen molar-refractivity contribution in [2.75, 3.05) is 5.32 Å². The molecule has 1 amide bonds. The average molecular weight is 310 g/mol. The summed E-state index contributed by atoms with van der Waals surface area (Å²) in [6.45, 7) is 2.00. The SMILES string of the molecule is Cc1ccc(Br)c(NC(=O)Cc2ccsc2)c1. The topological polar surface area (TPSA) is 29.1 Å². The molecule has 0 spiro atoms. The molecule has 0 saturated carbocycles. The van der Waals surface area contributed by atoms with Crippen LogP contribution in [0.25, 0.3) is 0 Å². The second-order valence-electron chi connectivity index (χ2n) is 3.84. The van der Waals surface area contributed by atoms with Crippen LogP contribution in [0, 0.1) is 6.92 Å². The molecule has 0 aliphatic carbocycles. The normalized spacial score (nSPS) is 10.2. The quantitative estimate of drug-likeness (QED) is 0.912. The van der Waals surface area contributed by atoms with E-state index >= 15 is 0 Å². The molecule has 0 aliphatic rings. The summed E-state index contributed by atoms with van der Waals surface area (Å²) in [5.74, 6) is 0.00898. The predicted molar refractivity (Wildman–Crippen MR) is 75.5 cm³/mol. The number of nitrogens with one attached hydrogen (secondary N) is 1. The minimum atomic E-state index is 0.00898. The number of rotatable bonds is 3. The van der Waals surface area contributed by atoms with Gasteiger partial charge in [-0.3, -0.25) is 4.79 Å². The Labute approximate surface area is 113 Å². The van der Waals surface area contributed by atoms with Crippen molar-refractivity contribution < 1.29 is 4.79 Å². The molecular weight excluding hydrogens is 298 g/mol. The van der Waals surface area contributed by atoms with Gasteiger partial charge in [-0.2, -0.15) is 11.3 Å². The first-order valence-electron chi connectivity index (χ1n) is 5.22. The van der Waals surface area contributed by atoms with Gasteiger partial charge in [0.1, 0.15) is 0 Å². The number of benzene rings is 1. The zero-order valence-corrected chi connectivity index (χ0v) is 11.8. The molecule has 4 heteroatoms. The van der Waals surface area contributed by atoms with Crippen molar-refractivity contribution in [1.29, 1.82) is 0 Å². The number of hydrogen-bond acceptors (Lipinski definition) is 2. The van der Waals surface area contributed by atoms with E-state index in [-0.39, 0.29) is 5.91 Å². The molecule has 2 aromatic rings. The molecule has 0 atom stereocenters. The zero-order valence-electron chi connectivity index (χ0n) is 9.37. The van der Waals surface area contributed by atoms with Crippen LogP contribution in [0.15, 0.2) is 39.5 Å². The van der Waals surface area contributed by atoms with Gasteiger partial charge >= 0.3 is 0 Å². The third-order valence-corrected chi connectivity index (χ3v) is 3.76. The molecule has 0 fully saturated rings. The zero-order chi connectivity index (χ0) is 12.3. The number of thiophene rings is 1. The van der Waals surface area contributed by atoms with E-state index in [1.165, 1.54) is 0 Å².